The van der Waals surface area contributed by atoms with Crippen LogP contribution in [0.3, 0.4) is 0 Å². The SMILES string of the molecule is CC(C)(NC(=O)OCC1CSC(=S)O1)c1cccc(C(C)(C)NC(=O)OCC2CSC(=S)O2)c1.[HH].[HH]. The molecule has 2 fully saturated rings. The Morgan fingerprint density at radius 3 is 1.71 bits per heavy atom. The zero-order valence-electron chi connectivity index (χ0n) is 19.4. The summed E-state index contributed by atoms with van der Waals surface area (Å²) in [7, 11) is 0. The topological polar surface area (TPSA) is 95.1 Å². The van der Waals surface area contributed by atoms with Gasteiger partial charge in [-0.3, -0.25) is 0 Å². The van der Waals surface area contributed by atoms with Crippen molar-refractivity contribution in [3.8, 4) is 0 Å². The molecule has 8 nitrogen and oxygen atoms in total. The lowest BCUT2D eigenvalue weighted by Crippen LogP contribution is -2.44. The average molecular weight is 549 g/mol. The Morgan fingerprint density at radius 2 is 1.35 bits per heavy atom. The molecule has 2 atom stereocenters. The lowest BCUT2D eigenvalue weighted by molar-refractivity contribution is 0.0881. The molecule has 2 amide bonds. The zero-order valence-corrected chi connectivity index (χ0v) is 22.6. The van der Waals surface area contributed by atoms with Crippen molar-refractivity contribution in [3.05, 3.63) is 35.4 Å². The van der Waals surface area contributed by atoms with E-state index in [1.54, 1.807) is 0 Å². The second-order valence-corrected chi connectivity index (χ2v) is 12.1. The van der Waals surface area contributed by atoms with Crippen molar-refractivity contribution >= 4 is 68.9 Å². The summed E-state index contributed by atoms with van der Waals surface area (Å²) in [4.78, 5) is 24.8. The summed E-state index contributed by atoms with van der Waals surface area (Å²) < 4.78 is 22.4. The van der Waals surface area contributed by atoms with Gasteiger partial charge in [0.15, 0.2) is 0 Å². The average Bonchev–Trinajstić information content (AvgIpc) is 3.38. The number of thiocarbonyl (C=S) groups is 2. The lowest BCUT2D eigenvalue weighted by Gasteiger charge is -2.31. The maximum Gasteiger partial charge on any atom is 0.407 e. The van der Waals surface area contributed by atoms with Crippen LogP contribution in [-0.4, -0.2) is 57.9 Å². The molecule has 3 rings (SSSR count). The molecule has 34 heavy (non-hydrogen) atoms. The second-order valence-electron chi connectivity index (χ2n) is 8.88. The van der Waals surface area contributed by atoms with Gasteiger partial charge in [0, 0.05) is 14.4 Å². The molecule has 0 aliphatic carbocycles. The highest BCUT2D eigenvalue weighted by atomic mass is 32.2. The maximum absolute atomic E-state index is 12.4. The number of nitrogens with one attached hydrogen (secondary N) is 2. The summed E-state index contributed by atoms with van der Waals surface area (Å²) in [6.45, 7) is 7.77. The van der Waals surface area contributed by atoms with Crippen LogP contribution in [0.25, 0.3) is 0 Å². The third-order valence-electron chi connectivity index (χ3n) is 5.24. The molecule has 2 heterocycles. The van der Waals surface area contributed by atoms with Crippen molar-refractivity contribution in [1.82, 2.24) is 10.6 Å². The van der Waals surface area contributed by atoms with E-state index in [4.69, 9.17) is 43.4 Å². The molecule has 0 bridgehead atoms. The molecule has 0 aromatic heterocycles. The van der Waals surface area contributed by atoms with Crippen LogP contribution in [-0.2, 0) is 30.0 Å². The Labute approximate surface area is 221 Å². The number of alkyl carbamates (subject to hydrolysis) is 2. The predicted octanol–water partition coefficient (Wildman–Crippen LogP) is 4.94. The predicted molar refractivity (Wildman–Crippen MR) is 146 cm³/mol. The van der Waals surface area contributed by atoms with Gasteiger partial charge in [0.2, 0.25) is 8.77 Å². The molecule has 1 aromatic rings. The van der Waals surface area contributed by atoms with Crippen LogP contribution in [0.2, 0.25) is 0 Å². The lowest BCUT2D eigenvalue weighted by atomic mass is 9.87. The van der Waals surface area contributed by atoms with Gasteiger partial charge in [0.05, 0.1) is 11.1 Å². The monoisotopic (exact) mass is 548 g/mol. The molecule has 2 aliphatic heterocycles. The first-order chi connectivity index (χ1) is 15.9. The number of benzene rings is 1. The van der Waals surface area contributed by atoms with Gasteiger partial charge >= 0.3 is 12.2 Å². The minimum Gasteiger partial charge on any atom is -0.471 e. The van der Waals surface area contributed by atoms with E-state index in [0.29, 0.717) is 20.3 Å². The summed E-state index contributed by atoms with van der Waals surface area (Å²) in [6, 6.07) is 7.63. The minimum atomic E-state index is -0.722. The molecule has 0 radical (unpaired) electrons. The zero-order chi connectivity index (χ0) is 24.9. The van der Waals surface area contributed by atoms with E-state index in [2.05, 4.69) is 10.6 Å². The van der Waals surface area contributed by atoms with Crippen molar-refractivity contribution in [2.45, 2.75) is 51.0 Å². The Balaban J connectivity index is 0.00000324. The van der Waals surface area contributed by atoms with Gasteiger partial charge in [-0.25, -0.2) is 9.59 Å². The quantitative estimate of drug-likeness (QED) is 0.435. The molecule has 190 valence electrons. The number of carbonyl (C=O) groups excluding carboxylic acids is 2. The maximum atomic E-state index is 12.4. The van der Waals surface area contributed by atoms with Gasteiger partial charge in [0.25, 0.3) is 0 Å². The van der Waals surface area contributed by atoms with E-state index in [0.717, 1.165) is 11.1 Å². The van der Waals surface area contributed by atoms with Crippen molar-refractivity contribution in [2.24, 2.45) is 0 Å². The smallest absolute Gasteiger partial charge is 0.407 e. The van der Waals surface area contributed by atoms with E-state index in [-0.39, 0.29) is 28.3 Å². The highest BCUT2D eigenvalue weighted by molar-refractivity contribution is 8.23. The first kappa shape index (κ1) is 26.8. The van der Waals surface area contributed by atoms with Gasteiger partial charge in [-0.15, -0.1) is 0 Å². The van der Waals surface area contributed by atoms with Gasteiger partial charge in [-0.2, -0.15) is 0 Å². The molecule has 2 unspecified atom stereocenters. The van der Waals surface area contributed by atoms with E-state index in [1.807, 2.05) is 52.0 Å². The van der Waals surface area contributed by atoms with Crippen molar-refractivity contribution < 1.29 is 31.4 Å². The normalized spacial score (nSPS) is 20.4. The van der Waals surface area contributed by atoms with Crippen LogP contribution in [0.1, 0.15) is 41.7 Å². The van der Waals surface area contributed by atoms with Crippen LogP contribution in [0.4, 0.5) is 9.59 Å². The molecular formula is C22H32N2O6S4. The molecule has 2 saturated heterocycles. The first-order valence-electron chi connectivity index (χ1n) is 10.6. The van der Waals surface area contributed by atoms with E-state index in [1.165, 1.54) is 23.5 Å². The molecular weight excluding hydrogens is 517 g/mol. The van der Waals surface area contributed by atoms with E-state index < -0.39 is 23.3 Å². The van der Waals surface area contributed by atoms with Gasteiger partial charge in [0.1, 0.15) is 25.4 Å². The van der Waals surface area contributed by atoms with E-state index in [9.17, 15) is 9.59 Å². The minimum absolute atomic E-state index is 0. The Morgan fingerprint density at radius 1 is 0.941 bits per heavy atom. The van der Waals surface area contributed by atoms with Crippen LogP contribution < -0.4 is 10.6 Å². The van der Waals surface area contributed by atoms with E-state index >= 15 is 0 Å². The Kier molecular flexibility index (Phi) is 8.93. The molecule has 12 heteroatoms. The standard InChI is InChI=1S/C22H28N2O6S4.2H2/c1-21(2,23-17(25)27-9-15-11-33-19(31)29-15)13-6-5-7-14(8-13)22(3,4)24-18(26)28-10-16-12-34-20(32)30-16;;/h5-8,15-16H,9-12H2,1-4H3,(H,23,25)(H,24,26);2*1H. The fourth-order valence-corrected chi connectivity index (χ4v) is 5.32. The third kappa shape index (κ3) is 7.62. The number of hydrogen-bond acceptors (Lipinski definition) is 10. The number of ether oxygens (including phenoxy) is 4. The molecule has 2 N–H and O–H groups in total. The molecule has 0 saturated carbocycles. The summed E-state index contributed by atoms with van der Waals surface area (Å²) in [5, 5.41) is 5.78. The van der Waals surface area contributed by atoms with Crippen LogP contribution in [0.5, 0.6) is 0 Å². The highest BCUT2D eigenvalue weighted by Gasteiger charge is 2.30. The summed E-state index contributed by atoms with van der Waals surface area (Å²) in [5.74, 6) is 1.34. The van der Waals surface area contributed by atoms with Crippen molar-refractivity contribution in [2.75, 3.05) is 24.7 Å². The number of thioether (sulfide) groups is 2. The molecule has 0 spiro atoms. The fraction of sp³-hybridized carbons (Fsp3) is 0.545. The summed E-state index contributed by atoms with van der Waals surface area (Å²) in [5.41, 5.74) is 0.258. The van der Waals surface area contributed by atoms with Crippen LogP contribution in [0.15, 0.2) is 24.3 Å². The van der Waals surface area contributed by atoms with Gasteiger partial charge in [-0.1, -0.05) is 47.8 Å². The number of carbonyl (C=O) groups is 2. The second kappa shape index (κ2) is 11.3. The Hall–Kier alpha value is -1.76. The number of hydrogen-bond donors (Lipinski definition) is 2. The van der Waals surface area contributed by atoms with Gasteiger partial charge < -0.3 is 29.6 Å². The molecule has 2 aliphatic rings. The highest BCUT2D eigenvalue weighted by Crippen LogP contribution is 2.27. The Bertz CT molecular complexity index is 895. The van der Waals surface area contributed by atoms with Gasteiger partial charge in [-0.05, 0) is 63.3 Å². The van der Waals surface area contributed by atoms with Crippen LogP contribution >= 0.6 is 48.0 Å². The van der Waals surface area contributed by atoms with Crippen molar-refractivity contribution in [1.29, 1.82) is 0 Å². The largest absolute Gasteiger partial charge is 0.471 e. The summed E-state index contributed by atoms with van der Waals surface area (Å²) in [6.07, 6.45) is -1.54. The fourth-order valence-electron chi connectivity index (χ4n) is 3.26. The third-order valence-corrected chi connectivity index (χ3v) is 7.88. The number of amides is 2. The number of rotatable bonds is 8. The van der Waals surface area contributed by atoms with Crippen molar-refractivity contribution in [3.63, 3.8) is 0 Å². The molecule has 1 aromatic carbocycles. The first-order valence-corrected chi connectivity index (χ1v) is 13.4. The summed E-state index contributed by atoms with van der Waals surface area (Å²) >= 11 is 12.8. The van der Waals surface area contributed by atoms with Crippen LogP contribution in [0, 0.1) is 0 Å².